The van der Waals surface area contributed by atoms with Crippen molar-refractivity contribution in [3.8, 4) is 0 Å². The topological polar surface area (TPSA) is 51.5 Å². The molecular formula is C9H16N4. The van der Waals surface area contributed by atoms with Gasteiger partial charge in [-0.15, -0.1) is 0 Å². The molecule has 1 aliphatic heterocycles. The molecule has 0 aromatic heterocycles. The molecule has 13 heavy (non-hydrogen) atoms. The van der Waals surface area contributed by atoms with Gasteiger partial charge in [0.05, 0.1) is 0 Å². The molecule has 0 atom stereocenters. The van der Waals surface area contributed by atoms with E-state index in [-0.39, 0.29) is 0 Å². The summed E-state index contributed by atoms with van der Waals surface area (Å²) in [6, 6.07) is 0. The van der Waals surface area contributed by atoms with Gasteiger partial charge in [-0.1, -0.05) is 0 Å². The molecule has 0 spiro atoms. The van der Waals surface area contributed by atoms with Crippen LogP contribution in [0.15, 0.2) is 16.3 Å². The first-order chi connectivity index (χ1) is 6.16. The maximum Gasteiger partial charge on any atom is 0.126 e. The SMILES string of the molecule is C=NC1=C(C(=N)N(C)C)CNCC1. The van der Waals surface area contributed by atoms with Crippen molar-refractivity contribution in [1.29, 1.82) is 5.41 Å². The summed E-state index contributed by atoms with van der Waals surface area (Å²) in [5, 5.41) is 11.0. The van der Waals surface area contributed by atoms with E-state index in [1.807, 2.05) is 14.1 Å². The molecule has 0 unspecified atom stereocenters. The number of nitrogens with one attached hydrogen (secondary N) is 2. The van der Waals surface area contributed by atoms with E-state index in [2.05, 4.69) is 17.0 Å². The van der Waals surface area contributed by atoms with Gasteiger partial charge in [-0.2, -0.15) is 0 Å². The summed E-state index contributed by atoms with van der Waals surface area (Å²) in [6.45, 7) is 5.18. The van der Waals surface area contributed by atoms with Crippen molar-refractivity contribution in [2.45, 2.75) is 6.42 Å². The van der Waals surface area contributed by atoms with E-state index in [1.54, 1.807) is 4.90 Å². The lowest BCUT2D eigenvalue weighted by molar-refractivity contribution is 0.600. The molecule has 4 heteroatoms. The van der Waals surface area contributed by atoms with Gasteiger partial charge in [-0.05, 0) is 6.72 Å². The van der Waals surface area contributed by atoms with Gasteiger partial charge in [0.15, 0.2) is 0 Å². The van der Waals surface area contributed by atoms with Crippen LogP contribution in [-0.2, 0) is 0 Å². The van der Waals surface area contributed by atoms with Gasteiger partial charge in [0.2, 0.25) is 0 Å². The highest BCUT2D eigenvalue weighted by atomic mass is 15.1. The molecule has 0 saturated carbocycles. The third-order valence-electron chi connectivity index (χ3n) is 2.11. The van der Waals surface area contributed by atoms with E-state index in [4.69, 9.17) is 5.41 Å². The zero-order valence-electron chi connectivity index (χ0n) is 8.22. The summed E-state index contributed by atoms with van der Waals surface area (Å²) < 4.78 is 0. The van der Waals surface area contributed by atoms with E-state index in [9.17, 15) is 0 Å². The Hall–Kier alpha value is -1.16. The molecule has 0 amide bonds. The number of amidine groups is 1. The van der Waals surface area contributed by atoms with Gasteiger partial charge in [0, 0.05) is 44.9 Å². The summed E-state index contributed by atoms with van der Waals surface area (Å²) in [5.74, 6) is 0.523. The summed E-state index contributed by atoms with van der Waals surface area (Å²) in [4.78, 5) is 5.74. The second-order valence-electron chi connectivity index (χ2n) is 3.25. The molecule has 2 N–H and O–H groups in total. The molecule has 0 fully saturated rings. The highest BCUT2D eigenvalue weighted by Crippen LogP contribution is 2.14. The zero-order valence-corrected chi connectivity index (χ0v) is 8.22. The second kappa shape index (κ2) is 4.18. The molecule has 1 heterocycles. The van der Waals surface area contributed by atoms with E-state index < -0.39 is 0 Å². The Kier molecular flexibility index (Phi) is 3.19. The lowest BCUT2D eigenvalue weighted by Crippen LogP contribution is -2.33. The molecule has 72 valence electrons. The van der Waals surface area contributed by atoms with Crippen LogP contribution in [0.2, 0.25) is 0 Å². The van der Waals surface area contributed by atoms with E-state index in [0.717, 1.165) is 30.8 Å². The number of hydrogen-bond donors (Lipinski definition) is 2. The highest BCUT2D eigenvalue weighted by molar-refractivity contribution is 5.96. The van der Waals surface area contributed by atoms with Crippen LogP contribution < -0.4 is 5.32 Å². The van der Waals surface area contributed by atoms with Gasteiger partial charge in [0.1, 0.15) is 5.84 Å². The molecule has 1 rings (SSSR count). The number of nitrogens with zero attached hydrogens (tertiary/aromatic N) is 2. The third-order valence-corrected chi connectivity index (χ3v) is 2.11. The molecular weight excluding hydrogens is 164 g/mol. The Labute approximate surface area is 78.9 Å². The number of likely N-dealkylation sites (N-methyl/N-ethyl adjacent to an activating group) is 1. The van der Waals surface area contributed by atoms with Crippen molar-refractivity contribution in [1.82, 2.24) is 10.2 Å². The lowest BCUT2D eigenvalue weighted by Gasteiger charge is -2.22. The molecule has 0 bridgehead atoms. The molecule has 1 aliphatic rings. The monoisotopic (exact) mass is 180 g/mol. The number of rotatable bonds is 2. The van der Waals surface area contributed by atoms with Crippen LogP contribution >= 0.6 is 0 Å². The van der Waals surface area contributed by atoms with Crippen LogP contribution in [-0.4, -0.2) is 44.6 Å². The smallest absolute Gasteiger partial charge is 0.126 e. The van der Waals surface area contributed by atoms with Gasteiger partial charge in [0.25, 0.3) is 0 Å². The van der Waals surface area contributed by atoms with Crippen molar-refractivity contribution >= 4 is 12.6 Å². The van der Waals surface area contributed by atoms with Crippen LogP contribution in [0, 0.1) is 5.41 Å². The largest absolute Gasteiger partial charge is 0.363 e. The molecule has 4 nitrogen and oxygen atoms in total. The van der Waals surface area contributed by atoms with Crippen LogP contribution in [0.4, 0.5) is 0 Å². The van der Waals surface area contributed by atoms with Gasteiger partial charge >= 0.3 is 0 Å². The predicted molar refractivity (Wildman–Crippen MR) is 55.5 cm³/mol. The first kappa shape index (κ1) is 9.92. The fraction of sp³-hybridized carbons (Fsp3) is 0.556. The minimum atomic E-state index is 0.523. The quantitative estimate of drug-likeness (QED) is 0.479. The fourth-order valence-electron chi connectivity index (χ4n) is 1.34. The Morgan fingerprint density at radius 2 is 2.31 bits per heavy atom. The Morgan fingerprint density at radius 1 is 1.62 bits per heavy atom. The molecule has 0 aliphatic carbocycles. The Balaban J connectivity index is 2.90. The number of hydrogen-bond acceptors (Lipinski definition) is 3. The maximum atomic E-state index is 7.81. The van der Waals surface area contributed by atoms with Crippen LogP contribution in [0.25, 0.3) is 0 Å². The molecule has 0 aromatic carbocycles. The van der Waals surface area contributed by atoms with E-state index in [1.165, 1.54) is 0 Å². The minimum absolute atomic E-state index is 0.523. The van der Waals surface area contributed by atoms with Crippen molar-refractivity contribution in [3.63, 3.8) is 0 Å². The second-order valence-corrected chi connectivity index (χ2v) is 3.25. The maximum absolute atomic E-state index is 7.81. The van der Waals surface area contributed by atoms with Crippen molar-refractivity contribution in [2.75, 3.05) is 27.2 Å². The standard InChI is InChI=1S/C9H16N4/c1-11-8-4-5-12-6-7(8)9(10)13(2)3/h10,12H,1,4-6H2,2-3H3. The predicted octanol–water partition coefficient (Wildman–Crippen LogP) is 0.473. The van der Waals surface area contributed by atoms with E-state index in [0.29, 0.717) is 5.84 Å². The average Bonchev–Trinajstić information content (AvgIpc) is 2.16. The Bertz CT molecular complexity index is 252. The fourth-order valence-corrected chi connectivity index (χ4v) is 1.34. The normalized spacial score (nSPS) is 17.1. The van der Waals surface area contributed by atoms with Crippen LogP contribution in [0.3, 0.4) is 0 Å². The first-order valence-electron chi connectivity index (χ1n) is 4.32. The number of aliphatic imine (C=N–C) groups is 1. The van der Waals surface area contributed by atoms with Crippen LogP contribution in [0.1, 0.15) is 6.42 Å². The third kappa shape index (κ3) is 2.15. The zero-order chi connectivity index (χ0) is 9.84. The lowest BCUT2D eigenvalue weighted by atomic mass is 10.1. The first-order valence-corrected chi connectivity index (χ1v) is 4.32. The molecule has 0 radical (unpaired) electrons. The molecule has 0 saturated heterocycles. The van der Waals surface area contributed by atoms with Gasteiger partial charge in [-0.25, -0.2) is 0 Å². The van der Waals surface area contributed by atoms with Crippen molar-refractivity contribution < 1.29 is 0 Å². The van der Waals surface area contributed by atoms with Gasteiger partial charge < -0.3 is 10.2 Å². The summed E-state index contributed by atoms with van der Waals surface area (Å²) in [7, 11) is 3.73. The summed E-state index contributed by atoms with van der Waals surface area (Å²) in [6.07, 6.45) is 0.870. The average molecular weight is 180 g/mol. The summed E-state index contributed by atoms with van der Waals surface area (Å²) >= 11 is 0. The van der Waals surface area contributed by atoms with E-state index >= 15 is 0 Å². The highest BCUT2D eigenvalue weighted by Gasteiger charge is 2.16. The Morgan fingerprint density at radius 3 is 2.85 bits per heavy atom. The molecule has 0 aromatic rings. The van der Waals surface area contributed by atoms with Crippen LogP contribution in [0.5, 0.6) is 0 Å². The van der Waals surface area contributed by atoms with Crippen molar-refractivity contribution in [3.05, 3.63) is 11.3 Å². The summed E-state index contributed by atoms with van der Waals surface area (Å²) in [5.41, 5.74) is 1.92. The minimum Gasteiger partial charge on any atom is -0.363 e. The van der Waals surface area contributed by atoms with Crippen molar-refractivity contribution in [2.24, 2.45) is 4.99 Å². The van der Waals surface area contributed by atoms with Gasteiger partial charge in [-0.3, -0.25) is 10.4 Å².